The summed E-state index contributed by atoms with van der Waals surface area (Å²) in [6.45, 7) is 4.56. The molecule has 6 nitrogen and oxygen atoms in total. The van der Waals surface area contributed by atoms with Gasteiger partial charge >= 0.3 is 5.97 Å². The molecule has 1 aromatic heterocycles. The van der Waals surface area contributed by atoms with Gasteiger partial charge in [-0.1, -0.05) is 41.9 Å². The van der Waals surface area contributed by atoms with Crippen LogP contribution in [0.4, 0.5) is 0 Å². The second-order valence-corrected chi connectivity index (χ2v) is 8.09. The van der Waals surface area contributed by atoms with E-state index < -0.39 is 28.5 Å². The first kappa shape index (κ1) is 19.9. The molecule has 0 aliphatic carbocycles. The van der Waals surface area contributed by atoms with Gasteiger partial charge in [-0.3, -0.25) is 14.9 Å². The number of nitrogens with zero attached hydrogens (tertiary/aromatic N) is 1. The van der Waals surface area contributed by atoms with Crippen LogP contribution in [0.3, 0.4) is 0 Å². The Bertz CT molecular complexity index is 1020. The van der Waals surface area contributed by atoms with Crippen molar-refractivity contribution in [3.63, 3.8) is 0 Å². The Labute approximate surface area is 167 Å². The second-order valence-electron chi connectivity index (χ2n) is 7.65. The largest absolute Gasteiger partial charge is 0.459 e. The summed E-state index contributed by atoms with van der Waals surface area (Å²) in [6, 6.07) is 13.9. The smallest absolute Gasteiger partial charge is 0.328 e. The van der Waals surface area contributed by atoms with E-state index in [-0.39, 0.29) is 0 Å². The molecular weight excluding hydrogens is 380 g/mol. The van der Waals surface area contributed by atoms with E-state index in [1.165, 1.54) is 0 Å². The first-order valence-electron chi connectivity index (χ1n) is 8.81. The van der Waals surface area contributed by atoms with Crippen molar-refractivity contribution in [2.24, 2.45) is 0 Å². The number of H-pyrrole nitrogens is 1. The maximum absolute atomic E-state index is 13.5. The molecule has 0 saturated heterocycles. The normalized spacial score (nSPS) is 13.9. The van der Waals surface area contributed by atoms with Crippen molar-refractivity contribution in [1.82, 2.24) is 4.98 Å². The summed E-state index contributed by atoms with van der Waals surface area (Å²) in [5.74, 6) is -0.677. The molecule has 0 unspecified atom stereocenters. The molecule has 0 spiro atoms. The third-order valence-corrected chi connectivity index (χ3v) is 4.75. The number of halogens is 1. The number of nitrogens with one attached hydrogen (secondary N) is 1. The van der Waals surface area contributed by atoms with Gasteiger partial charge in [0, 0.05) is 32.6 Å². The lowest BCUT2D eigenvalue weighted by Gasteiger charge is -2.32. The molecular formula is C21H21ClN2O4. The van der Waals surface area contributed by atoms with Crippen molar-refractivity contribution in [1.29, 1.82) is 0 Å². The van der Waals surface area contributed by atoms with Crippen molar-refractivity contribution in [3.05, 3.63) is 81.0 Å². The monoisotopic (exact) mass is 400 g/mol. The molecule has 7 heteroatoms. The van der Waals surface area contributed by atoms with E-state index >= 15 is 0 Å². The van der Waals surface area contributed by atoms with Gasteiger partial charge in [0.15, 0.2) is 5.41 Å². The average Bonchev–Trinajstić information content (AvgIpc) is 3.03. The number of para-hydroxylation sites is 1. The van der Waals surface area contributed by atoms with Crippen LogP contribution in [0.2, 0.25) is 5.02 Å². The molecule has 0 bridgehead atoms. The number of hydrogen-bond donors (Lipinski definition) is 1. The van der Waals surface area contributed by atoms with Gasteiger partial charge in [-0.15, -0.1) is 0 Å². The minimum atomic E-state index is -1.62. The number of fused-ring (bicyclic) bond motifs is 1. The number of ether oxygens (including phenoxy) is 1. The van der Waals surface area contributed by atoms with Crippen LogP contribution in [0.5, 0.6) is 0 Å². The van der Waals surface area contributed by atoms with Crippen LogP contribution in [0.1, 0.15) is 31.9 Å². The third kappa shape index (κ3) is 3.73. The van der Waals surface area contributed by atoms with Gasteiger partial charge in [-0.2, -0.15) is 0 Å². The molecule has 0 fully saturated rings. The van der Waals surface area contributed by atoms with Gasteiger partial charge in [-0.25, -0.2) is 0 Å². The maximum Gasteiger partial charge on any atom is 0.328 e. The van der Waals surface area contributed by atoms with E-state index in [2.05, 4.69) is 4.98 Å². The standard InChI is InChI=1S/C21H21ClN2O4/c1-20(2,3)28-19(25)21(13-24(26)27,14-8-10-15(22)11-9-14)17-12-23-18-7-5-4-6-16(17)18/h4-12,23H,13H2,1-3H3/t21-/m0/s1. The van der Waals surface area contributed by atoms with Crippen LogP contribution >= 0.6 is 11.6 Å². The Hall–Kier alpha value is -2.86. The quantitative estimate of drug-likeness (QED) is 0.381. The number of rotatable bonds is 5. The molecule has 3 rings (SSSR count). The van der Waals surface area contributed by atoms with E-state index in [1.807, 2.05) is 24.3 Å². The lowest BCUT2D eigenvalue weighted by molar-refractivity contribution is -0.486. The number of carbonyl (C=O) groups excluding carboxylic acids is 1. The molecule has 1 atom stereocenters. The van der Waals surface area contributed by atoms with Crippen LogP contribution in [-0.4, -0.2) is 28.0 Å². The molecule has 1 heterocycles. The van der Waals surface area contributed by atoms with Crippen molar-refractivity contribution >= 4 is 28.5 Å². The fourth-order valence-electron chi connectivity index (χ4n) is 3.34. The predicted molar refractivity (Wildman–Crippen MR) is 108 cm³/mol. The lowest BCUT2D eigenvalue weighted by atomic mass is 9.74. The zero-order chi connectivity index (χ0) is 20.5. The highest BCUT2D eigenvalue weighted by molar-refractivity contribution is 6.30. The zero-order valence-corrected chi connectivity index (χ0v) is 16.6. The molecule has 28 heavy (non-hydrogen) atoms. The Morgan fingerprint density at radius 2 is 1.79 bits per heavy atom. The van der Waals surface area contributed by atoms with Crippen LogP contribution < -0.4 is 0 Å². The molecule has 0 saturated carbocycles. The van der Waals surface area contributed by atoms with Gasteiger partial charge in [0.05, 0.1) is 0 Å². The molecule has 0 radical (unpaired) electrons. The first-order chi connectivity index (χ1) is 13.1. The predicted octanol–water partition coefficient (Wildman–Crippen LogP) is 4.73. The summed E-state index contributed by atoms with van der Waals surface area (Å²) in [6.07, 6.45) is 1.65. The second kappa shape index (κ2) is 7.28. The molecule has 1 N–H and O–H groups in total. The van der Waals surface area contributed by atoms with Crippen molar-refractivity contribution < 1.29 is 14.5 Å². The zero-order valence-electron chi connectivity index (χ0n) is 15.9. The highest BCUT2D eigenvalue weighted by Gasteiger charge is 2.51. The summed E-state index contributed by atoms with van der Waals surface area (Å²) in [4.78, 5) is 27.8. The number of aromatic amines is 1. The SMILES string of the molecule is CC(C)(C)OC(=O)[C@@](C[N+](=O)[O-])(c1ccc(Cl)cc1)c1c[nH]c2ccccc12. The van der Waals surface area contributed by atoms with E-state index in [9.17, 15) is 14.9 Å². The minimum Gasteiger partial charge on any atom is -0.459 e. The van der Waals surface area contributed by atoms with Gasteiger partial charge in [0.2, 0.25) is 6.54 Å². The van der Waals surface area contributed by atoms with E-state index in [1.54, 1.807) is 51.2 Å². The van der Waals surface area contributed by atoms with Crippen molar-refractivity contribution in [3.8, 4) is 0 Å². The van der Waals surface area contributed by atoms with E-state index in [4.69, 9.17) is 16.3 Å². The number of nitro groups is 1. The highest BCUT2D eigenvalue weighted by Crippen LogP contribution is 2.39. The highest BCUT2D eigenvalue weighted by atomic mass is 35.5. The summed E-state index contributed by atoms with van der Waals surface area (Å²) in [5, 5.41) is 12.9. The van der Waals surface area contributed by atoms with Gasteiger partial charge in [0.25, 0.3) is 0 Å². The molecule has 0 amide bonds. The Kier molecular flexibility index (Phi) is 5.17. The van der Waals surface area contributed by atoms with Crippen LogP contribution in [0.25, 0.3) is 10.9 Å². The van der Waals surface area contributed by atoms with E-state index in [0.717, 1.165) is 10.9 Å². The fourth-order valence-corrected chi connectivity index (χ4v) is 3.47. The molecule has 146 valence electrons. The molecule has 0 aliphatic rings. The van der Waals surface area contributed by atoms with Crippen LogP contribution in [0, 0.1) is 10.1 Å². The van der Waals surface area contributed by atoms with Gasteiger partial charge < -0.3 is 9.72 Å². The fraction of sp³-hybridized carbons (Fsp3) is 0.286. The average molecular weight is 401 g/mol. The molecule has 0 aliphatic heterocycles. The van der Waals surface area contributed by atoms with Crippen molar-refractivity contribution in [2.75, 3.05) is 6.54 Å². The topological polar surface area (TPSA) is 85.2 Å². The summed E-state index contributed by atoms with van der Waals surface area (Å²) < 4.78 is 5.67. The summed E-state index contributed by atoms with van der Waals surface area (Å²) in [5.41, 5.74) is -0.704. The number of aromatic nitrogens is 1. The van der Waals surface area contributed by atoms with Crippen LogP contribution in [0.15, 0.2) is 54.7 Å². The van der Waals surface area contributed by atoms with Gasteiger partial charge in [0.1, 0.15) is 5.60 Å². The van der Waals surface area contributed by atoms with Gasteiger partial charge in [-0.05, 0) is 44.5 Å². The van der Waals surface area contributed by atoms with Crippen LogP contribution in [-0.2, 0) is 14.9 Å². The number of hydrogen-bond acceptors (Lipinski definition) is 4. The minimum absolute atomic E-state index is 0.451. The number of esters is 1. The Balaban J connectivity index is 2.33. The number of benzene rings is 2. The maximum atomic E-state index is 13.5. The Morgan fingerprint density at radius 1 is 1.14 bits per heavy atom. The molecule has 2 aromatic carbocycles. The number of carbonyl (C=O) groups is 1. The van der Waals surface area contributed by atoms with Crippen molar-refractivity contribution in [2.45, 2.75) is 31.8 Å². The molecule has 3 aromatic rings. The summed E-state index contributed by atoms with van der Waals surface area (Å²) in [7, 11) is 0. The van der Waals surface area contributed by atoms with E-state index in [0.29, 0.717) is 16.1 Å². The first-order valence-corrected chi connectivity index (χ1v) is 9.19. The Morgan fingerprint density at radius 3 is 2.39 bits per heavy atom. The third-order valence-electron chi connectivity index (χ3n) is 4.50. The summed E-state index contributed by atoms with van der Waals surface area (Å²) >= 11 is 6.02. The lowest BCUT2D eigenvalue weighted by Crippen LogP contribution is -2.47.